The third kappa shape index (κ3) is 4.28. The van der Waals surface area contributed by atoms with Gasteiger partial charge in [-0.05, 0) is 53.8 Å². The number of amides is 2. The van der Waals surface area contributed by atoms with Crippen molar-refractivity contribution < 1.29 is 9.59 Å². The van der Waals surface area contributed by atoms with Gasteiger partial charge in [0.25, 0.3) is 5.91 Å². The molecule has 0 saturated heterocycles. The van der Waals surface area contributed by atoms with Crippen LogP contribution in [0.5, 0.6) is 0 Å². The average Bonchev–Trinajstić information content (AvgIpc) is 2.80. The van der Waals surface area contributed by atoms with Gasteiger partial charge in [0.05, 0.1) is 5.92 Å². The molecule has 1 unspecified atom stereocenters. The second kappa shape index (κ2) is 8.95. The van der Waals surface area contributed by atoms with Gasteiger partial charge in [-0.3, -0.25) is 9.59 Å². The first kappa shape index (κ1) is 19.9. The molecule has 0 aromatic heterocycles. The molecule has 2 amide bonds. The van der Waals surface area contributed by atoms with Crippen LogP contribution in [-0.2, 0) is 17.8 Å². The van der Waals surface area contributed by atoms with Crippen LogP contribution in [0.2, 0.25) is 0 Å². The molecule has 4 heteroatoms. The van der Waals surface area contributed by atoms with E-state index in [2.05, 4.69) is 11.4 Å². The van der Waals surface area contributed by atoms with Crippen molar-refractivity contribution in [3.8, 4) is 0 Å². The van der Waals surface area contributed by atoms with E-state index in [1.54, 1.807) is 0 Å². The summed E-state index contributed by atoms with van der Waals surface area (Å²) in [5.41, 5.74) is 4.84. The number of anilines is 1. The number of carbonyl (C=O) groups excluding carboxylic acids is 2. The molecule has 0 radical (unpaired) electrons. The molecule has 1 atom stereocenters. The number of fused-ring (bicyclic) bond motifs is 1. The minimum Gasteiger partial charge on any atom is -0.334 e. The molecule has 4 rings (SSSR count). The SMILES string of the molecule is CCC(C(=O)Nc1ccc2c(c1)CN(C(=O)c1ccccc1)CC2)c1ccccc1. The largest absolute Gasteiger partial charge is 0.334 e. The molecule has 3 aromatic carbocycles. The lowest BCUT2D eigenvalue weighted by Crippen LogP contribution is -2.36. The van der Waals surface area contributed by atoms with Gasteiger partial charge in [-0.1, -0.05) is 61.5 Å². The Hall–Kier alpha value is -3.40. The molecule has 3 aromatic rings. The molecule has 1 N–H and O–H groups in total. The average molecular weight is 399 g/mol. The van der Waals surface area contributed by atoms with Gasteiger partial charge in [0.15, 0.2) is 0 Å². The fraction of sp³-hybridized carbons (Fsp3) is 0.231. The third-order valence-electron chi connectivity index (χ3n) is 5.72. The Labute approximate surface area is 177 Å². The lowest BCUT2D eigenvalue weighted by atomic mass is 9.95. The van der Waals surface area contributed by atoms with Gasteiger partial charge in [-0.2, -0.15) is 0 Å². The van der Waals surface area contributed by atoms with Crippen molar-refractivity contribution in [2.24, 2.45) is 0 Å². The molecule has 4 nitrogen and oxygen atoms in total. The summed E-state index contributed by atoms with van der Waals surface area (Å²) in [6.07, 6.45) is 1.56. The summed E-state index contributed by atoms with van der Waals surface area (Å²) in [4.78, 5) is 27.6. The second-order valence-electron chi connectivity index (χ2n) is 7.69. The molecular weight excluding hydrogens is 372 g/mol. The highest BCUT2D eigenvalue weighted by Crippen LogP contribution is 2.26. The van der Waals surface area contributed by atoms with Gasteiger partial charge in [-0.25, -0.2) is 0 Å². The van der Waals surface area contributed by atoms with Crippen LogP contribution in [0.3, 0.4) is 0 Å². The molecule has 0 fully saturated rings. The molecule has 0 bridgehead atoms. The minimum absolute atomic E-state index is 0.00308. The fourth-order valence-electron chi connectivity index (χ4n) is 4.06. The number of nitrogens with one attached hydrogen (secondary N) is 1. The second-order valence-corrected chi connectivity index (χ2v) is 7.69. The van der Waals surface area contributed by atoms with Gasteiger partial charge in [0.1, 0.15) is 0 Å². The Morgan fingerprint density at radius 2 is 1.63 bits per heavy atom. The smallest absolute Gasteiger partial charge is 0.254 e. The summed E-state index contributed by atoms with van der Waals surface area (Å²) in [5, 5.41) is 3.07. The van der Waals surface area contributed by atoms with Crippen LogP contribution < -0.4 is 5.32 Å². The van der Waals surface area contributed by atoms with E-state index < -0.39 is 0 Å². The van der Waals surface area contributed by atoms with E-state index in [9.17, 15) is 9.59 Å². The lowest BCUT2D eigenvalue weighted by Gasteiger charge is -2.29. The molecule has 1 aliphatic heterocycles. The van der Waals surface area contributed by atoms with E-state index in [1.165, 1.54) is 5.56 Å². The van der Waals surface area contributed by atoms with Gasteiger partial charge in [0, 0.05) is 24.3 Å². The van der Waals surface area contributed by atoms with E-state index in [4.69, 9.17) is 0 Å². The third-order valence-corrected chi connectivity index (χ3v) is 5.72. The molecule has 0 aliphatic carbocycles. The summed E-state index contributed by atoms with van der Waals surface area (Å²) in [5.74, 6) is -0.138. The van der Waals surface area contributed by atoms with Crippen molar-refractivity contribution in [3.05, 3.63) is 101 Å². The maximum atomic E-state index is 12.9. The molecule has 0 saturated carbocycles. The topological polar surface area (TPSA) is 49.4 Å². The monoisotopic (exact) mass is 398 g/mol. The zero-order chi connectivity index (χ0) is 20.9. The van der Waals surface area contributed by atoms with Crippen LogP contribution in [-0.4, -0.2) is 23.3 Å². The van der Waals surface area contributed by atoms with Crippen LogP contribution in [0.25, 0.3) is 0 Å². The highest BCUT2D eigenvalue weighted by Gasteiger charge is 2.23. The van der Waals surface area contributed by atoms with Crippen molar-refractivity contribution in [1.82, 2.24) is 4.90 Å². The quantitative estimate of drug-likeness (QED) is 0.656. The molecule has 30 heavy (non-hydrogen) atoms. The number of hydrogen-bond donors (Lipinski definition) is 1. The van der Waals surface area contributed by atoms with E-state index in [-0.39, 0.29) is 17.7 Å². The zero-order valence-corrected chi connectivity index (χ0v) is 17.2. The first-order chi connectivity index (χ1) is 14.7. The van der Waals surface area contributed by atoms with Gasteiger partial charge < -0.3 is 10.2 Å². The minimum atomic E-state index is -0.182. The molecule has 1 heterocycles. The first-order valence-electron chi connectivity index (χ1n) is 10.5. The highest BCUT2D eigenvalue weighted by atomic mass is 16.2. The van der Waals surface area contributed by atoms with Crippen molar-refractivity contribution in [2.45, 2.75) is 32.2 Å². The Balaban J connectivity index is 1.49. The van der Waals surface area contributed by atoms with Crippen molar-refractivity contribution >= 4 is 17.5 Å². The van der Waals surface area contributed by atoms with Gasteiger partial charge in [-0.15, -0.1) is 0 Å². The lowest BCUT2D eigenvalue weighted by molar-refractivity contribution is -0.117. The van der Waals surface area contributed by atoms with Gasteiger partial charge >= 0.3 is 0 Å². The number of hydrogen-bond acceptors (Lipinski definition) is 2. The summed E-state index contributed by atoms with van der Waals surface area (Å²) >= 11 is 0. The van der Waals surface area contributed by atoms with Crippen LogP contribution in [0.4, 0.5) is 5.69 Å². The standard InChI is InChI=1S/C26H26N2O2/c1-2-24(20-9-5-3-6-10-20)25(29)27-23-14-13-19-15-16-28(18-22(19)17-23)26(30)21-11-7-4-8-12-21/h3-14,17,24H,2,15-16,18H2,1H3,(H,27,29). The molecule has 1 aliphatic rings. The van der Waals surface area contributed by atoms with Crippen molar-refractivity contribution in [2.75, 3.05) is 11.9 Å². The van der Waals surface area contributed by atoms with Crippen LogP contribution in [0.1, 0.15) is 46.3 Å². The van der Waals surface area contributed by atoms with Crippen molar-refractivity contribution in [3.63, 3.8) is 0 Å². The highest BCUT2D eigenvalue weighted by molar-refractivity contribution is 5.96. The molecule has 0 spiro atoms. The molecular formula is C26H26N2O2. The Morgan fingerprint density at radius 3 is 2.33 bits per heavy atom. The Morgan fingerprint density at radius 1 is 0.933 bits per heavy atom. The predicted octanol–water partition coefficient (Wildman–Crippen LogP) is 5.02. The van der Waals surface area contributed by atoms with Gasteiger partial charge in [0.2, 0.25) is 5.91 Å². The van der Waals surface area contributed by atoms with E-state index >= 15 is 0 Å². The maximum Gasteiger partial charge on any atom is 0.254 e. The maximum absolute atomic E-state index is 12.9. The van der Waals surface area contributed by atoms with E-state index in [0.29, 0.717) is 18.7 Å². The Kier molecular flexibility index (Phi) is 5.94. The predicted molar refractivity (Wildman–Crippen MR) is 119 cm³/mol. The number of benzene rings is 3. The number of carbonyl (C=O) groups is 2. The fourth-order valence-corrected chi connectivity index (χ4v) is 4.06. The van der Waals surface area contributed by atoms with Crippen LogP contribution >= 0.6 is 0 Å². The summed E-state index contributed by atoms with van der Waals surface area (Å²) in [7, 11) is 0. The summed E-state index contributed by atoms with van der Waals surface area (Å²) in [6, 6.07) is 25.3. The summed E-state index contributed by atoms with van der Waals surface area (Å²) in [6.45, 7) is 3.29. The first-order valence-corrected chi connectivity index (χ1v) is 10.5. The van der Waals surface area contributed by atoms with Crippen LogP contribution in [0.15, 0.2) is 78.9 Å². The van der Waals surface area contributed by atoms with Crippen molar-refractivity contribution in [1.29, 1.82) is 0 Å². The number of nitrogens with zero attached hydrogens (tertiary/aromatic N) is 1. The van der Waals surface area contributed by atoms with E-state index in [0.717, 1.165) is 29.7 Å². The summed E-state index contributed by atoms with van der Waals surface area (Å²) < 4.78 is 0. The molecule has 152 valence electrons. The zero-order valence-electron chi connectivity index (χ0n) is 17.2. The van der Waals surface area contributed by atoms with E-state index in [1.807, 2.05) is 84.6 Å². The normalized spacial score (nSPS) is 14.0. The Bertz CT molecular complexity index is 1030. The number of rotatable bonds is 5. The van der Waals surface area contributed by atoms with Crippen LogP contribution in [0, 0.1) is 0 Å².